The summed E-state index contributed by atoms with van der Waals surface area (Å²) in [6.07, 6.45) is -2.56. The van der Waals surface area contributed by atoms with E-state index in [-0.39, 0.29) is 11.3 Å². The average Bonchev–Trinajstić information content (AvgIpc) is 2.26. The van der Waals surface area contributed by atoms with Crippen molar-refractivity contribution in [1.29, 1.82) is 5.26 Å². The van der Waals surface area contributed by atoms with Crippen LogP contribution in [0, 0.1) is 17.2 Å². The number of hydrogen-bond donors (Lipinski definition) is 0. The van der Waals surface area contributed by atoms with Crippen molar-refractivity contribution in [2.75, 3.05) is 13.1 Å². The van der Waals surface area contributed by atoms with E-state index >= 15 is 0 Å². The molecule has 0 amide bonds. The van der Waals surface area contributed by atoms with Gasteiger partial charge in [0.05, 0.1) is 5.69 Å². The van der Waals surface area contributed by atoms with E-state index in [1.165, 1.54) is 6.07 Å². The maximum absolute atomic E-state index is 12.6. The maximum Gasteiger partial charge on any atom is 0.264 e. The van der Waals surface area contributed by atoms with Crippen LogP contribution in [0.1, 0.15) is 30.3 Å². The van der Waals surface area contributed by atoms with E-state index in [9.17, 15) is 8.78 Å². The summed E-state index contributed by atoms with van der Waals surface area (Å²) in [4.78, 5) is 6.17. The van der Waals surface area contributed by atoms with E-state index < -0.39 is 6.43 Å². The molecule has 2 rings (SSSR count). The predicted octanol–water partition coefficient (Wildman–Crippen LogP) is 2.34. The molecular weight excluding hydrogens is 224 g/mol. The van der Waals surface area contributed by atoms with Crippen molar-refractivity contribution in [3.63, 3.8) is 0 Å². The number of nitriles is 1. The van der Waals surface area contributed by atoms with Crippen LogP contribution in [0.5, 0.6) is 0 Å². The van der Waals surface area contributed by atoms with Crippen LogP contribution in [0.2, 0.25) is 0 Å². The Labute approximate surface area is 98.7 Å². The fraction of sp³-hybridized carbons (Fsp3) is 0.500. The summed E-state index contributed by atoms with van der Waals surface area (Å²) in [6.45, 7) is 4.60. The molecule has 0 unspecified atom stereocenters. The third-order valence-corrected chi connectivity index (χ3v) is 2.79. The van der Waals surface area contributed by atoms with Crippen LogP contribution in [0.25, 0.3) is 0 Å². The standard InChI is InChI=1S/C12H13F2N3/c1-8-5-17(6-8)7-11-3-9(12(13)14)2-10(4-15)16-11/h2-3,8,12H,5-7H2,1H3. The fourth-order valence-corrected chi connectivity index (χ4v) is 2.06. The Bertz CT molecular complexity index is 448. The first-order valence-corrected chi connectivity index (χ1v) is 5.50. The number of alkyl halides is 2. The molecular formula is C12H13F2N3. The van der Waals surface area contributed by atoms with E-state index in [1.807, 2.05) is 6.07 Å². The molecule has 3 nitrogen and oxygen atoms in total. The Morgan fingerprint density at radius 1 is 1.53 bits per heavy atom. The molecule has 0 bridgehead atoms. The zero-order valence-corrected chi connectivity index (χ0v) is 9.53. The second kappa shape index (κ2) is 4.76. The minimum absolute atomic E-state index is 0.0615. The van der Waals surface area contributed by atoms with Crippen molar-refractivity contribution >= 4 is 0 Å². The molecule has 0 aromatic carbocycles. The second-order valence-corrected chi connectivity index (χ2v) is 4.49. The molecule has 1 aromatic rings. The summed E-state index contributed by atoms with van der Waals surface area (Å²) < 4.78 is 25.2. The van der Waals surface area contributed by atoms with Gasteiger partial charge in [0, 0.05) is 25.2 Å². The summed E-state index contributed by atoms with van der Waals surface area (Å²) in [5, 5.41) is 8.74. The molecule has 5 heteroatoms. The van der Waals surface area contributed by atoms with E-state index in [0.717, 1.165) is 19.2 Å². The largest absolute Gasteiger partial charge is 0.297 e. The van der Waals surface area contributed by atoms with Gasteiger partial charge in [-0.25, -0.2) is 13.8 Å². The van der Waals surface area contributed by atoms with Gasteiger partial charge in [0.25, 0.3) is 6.43 Å². The van der Waals surface area contributed by atoms with Gasteiger partial charge in [-0.2, -0.15) is 5.26 Å². The summed E-state index contributed by atoms with van der Waals surface area (Å²) in [6, 6.07) is 4.35. The Balaban J connectivity index is 2.16. The minimum atomic E-state index is -2.56. The van der Waals surface area contributed by atoms with Gasteiger partial charge in [-0.1, -0.05) is 6.92 Å². The van der Waals surface area contributed by atoms with Gasteiger partial charge < -0.3 is 0 Å². The highest BCUT2D eigenvalue weighted by Gasteiger charge is 2.23. The lowest BCUT2D eigenvalue weighted by Gasteiger charge is -2.36. The molecule has 0 aliphatic carbocycles. The van der Waals surface area contributed by atoms with Crippen molar-refractivity contribution in [1.82, 2.24) is 9.88 Å². The normalized spacial score (nSPS) is 16.9. The smallest absolute Gasteiger partial charge is 0.264 e. The molecule has 0 spiro atoms. The minimum Gasteiger partial charge on any atom is -0.297 e. The Hall–Kier alpha value is -1.54. The number of nitrogens with zero attached hydrogens (tertiary/aromatic N) is 3. The summed E-state index contributed by atoms with van der Waals surface area (Å²) in [5.41, 5.74) is 0.484. The number of pyridine rings is 1. The topological polar surface area (TPSA) is 39.9 Å². The highest BCUT2D eigenvalue weighted by Crippen LogP contribution is 2.22. The molecule has 0 radical (unpaired) electrons. The van der Waals surface area contributed by atoms with Crippen LogP contribution in [0.15, 0.2) is 12.1 Å². The first-order chi connectivity index (χ1) is 8.08. The lowest BCUT2D eigenvalue weighted by Crippen LogP contribution is -2.44. The van der Waals surface area contributed by atoms with Crippen LogP contribution < -0.4 is 0 Å². The highest BCUT2D eigenvalue weighted by molar-refractivity contribution is 5.29. The summed E-state index contributed by atoms with van der Waals surface area (Å²) in [5.74, 6) is 0.656. The molecule has 1 saturated heterocycles. The number of halogens is 2. The van der Waals surface area contributed by atoms with Crippen molar-refractivity contribution < 1.29 is 8.78 Å². The number of rotatable bonds is 3. The molecule has 1 aromatic heterocycles. The monoisotopic (exact) mass is 237 g/mol. The molecule has 1 aliphatic heterocycles. The molecule has 0 N–H and O–H groups in total. The quantitative estimate of drug-likeness (QED) is 0.810. The molecule has 90 valence electrons. The zero-order valence-electron chi connectivity index (χ0n) is 9.53. The third-order valence-electron chi connectivity index (χ3n) is 2.79. The second-order valence-electron chi connectivity index (χ2n) is 4.49. The molecule has 0 atom stereocenters. The number of hydrogen-bond acceptors (Lipinski definition) is 3. The highest BCUT2D eigenvalue weighted by atomic mass is 19.3. The first kappa shape index (κ1) is 11.9. The Morgan fingerprint density at radius 2 is 2.24 bits per heavy atom. The SMILES string of the molecule is CC1CN(Cc2cc(C(F)F)cc(C#N)n2)C1. The van der Waals surface area contributed by atoms with Gasteiger partial charge in [0.15, 0.2) is 0 Å². The zero-order chi connectivity index (χ0) is 12.4. The molecule has 1 aliphatic rings. The van der Waals surface area contributed by atoms with Crippen molar-refractivity contribution in [3.05, 3.63) is 29.1 Å². The van der Waals surface area contributed by atoms with Crippen molar-refractivity contribution in [2.45, 2.75) is 19.9 Å². The summed E-state index contributed by atoms with van der Waals surface area (Å²) in [7, 11) is 0. The third kappa shape index (κ3) is 2.77. The Kier molecular flexibility index (Phi) is 3.34. The van der Waals surface area contributed by atoms with Crippen LogP contribution in [0.3, 0.4) is 0 Å². The van der Waals surface area contributed by atoms with E-state index in [1.54, 1.807) is 0 Å². The van der Waals surface area contributed by atoms with Gasteiger partial charge in [-0.3, -0.25) is 4.90 Å². The van der Waals surface area contributed by atoms with Crippen molar-refractivity contribution in [3.8, 4) is 6.07 Å². The van der Waals surface area contributed by atoms with Crippen LogP contribution in [-0.2, 0) is 6.54 Å². The van der Waals surface area contributed by atoms with E-state index in [0.29, 0.717) is 18.2 Å². The number of likely N-dealkylation sites (tertiary alicyclic amines) is 1. The van der Waals surface area contributed by atoms with Gasteiger partial charge in [-0.15, -0.1) is 0 Å². The molecule has 17 heavy (non-hydrogen) atoms. The predicted molar refractivity (Wildman–Crippen MR) is 58.4 cm³/mol. The van der Waals surface area contributed by atoms with Crippen LogP contribution in [0.4, 0.5) is 8.78 Å². The van der Waals surface area contributed by atoms with Gasteiger partial charge in [0.2, 0.25) is 0 Å². The van der Waals surface area contributed by atoms with E-state index in [2.05, 4.69) is 16.8 Å². The first-order valence-electron chi connectivity index (χ1n) is 5.50. The number of aromatic nitrogens is 1. The van der Waals surface area contributed by atoms with Gasteiger partial charge in [-0.05, 0) is 18.1 Å². The Morgan fingerprint density at radius 3 is 2.76 bits per heavy atom. The summed E-state index contributed by atoms with van der Waals surface area (Å²) >= 11 is 0. The average molecular weight is 237 g/mol. The molecule has 1 fully saturated rings. The lowest BCUT2D eigenvalue weighted by atomic mass is 10.0. The maximum atomic E-state index is 12.6. The lowest BCUT2D eigenvalue weighted by molar-refractivity contribution is 0.103. The van der Waals surface area contributed by atoms with Crippen LogP contribution >= 0.6 is 0 Å². The molecule has 2 heterocycles. The molecule has 0 saturated carbocycles. The van der Waals surface area contributed by atoms with Gasteiger partial charge in [0.1, 0.15) is 11.8 Å². The van der Waals surface area contributed by atoms with Crippen LogP contribution in [-0.4, -0.2) is 23.0 Å². The fourth-order valence-electron chi connectivity index (χ4n) is 2.06. The van der Waals surface area contributed by atoms with Crippen molar-refractivity contribution in [2.24, 2.45) is 5.92 Å². The van der Waals surface area contributed by atoms with Gasteiger partial charge >= 0.3 is 0 Å². The van der Waals surface area contributed by atoms with E-state index in [4.69, 9.17) is 5.26 Å².